The summed E-state index contributed by atoms with van der Waals surface area (Å²) < 4.78 is 10.7. The highest BCUT2D eigenvalue weighted by atomic mass is 35.5. The number of carbonyl (C=O) groups excluding carboxylic acids is 1. The number of amides is 1. The van der Waals surface area contributed by atoms with Crippen LogP contribution < -0.4 is 9.47 Å². The van der Waals surface area contributed by atoms with Gasteiger partial charge in [0.05, 0.1) is 38.6 Å². The quantitative estimate of drug-likeness (QED) is 0.744. The molecule has 0 saturated heterocycles. The molecule has 27 heavy (non-hydrogen) atoms. The molecule has 1 aliphatic rings. The first kappa shape index (κ1) is 19.2. The van der Waals surface area contributed by atoms with Crippen LogP contribution >= 0.6 is 11.6 Å². The van der Waals surface area contributed by atoms with E-state index in [1.165, 1.54) is 0 Å². The van der Waals surface area contributed by atoms with Crippen LogP contribution in [0, 0.1) is 0 Å². The molecule has 3 rings (SSSR count). The van der Waals surface area contributed by atoms with E-state index in [-0.39, 0.29) is 12.5 Å². The third kappa shape index (κ3) is 4.08. The number of aliphatic imine (C=N–C) groups is 1. The van der Waals surface area contributed by atoms with Crippen LogP contribution in [-0.4, -0.2) is 36.7 Å². The fraction of sp³-hybridized carbons (Fsp3) is 0.333. The molecular weight excluding hydrogens is 364 g/mol. The molecule has 0 bridgehead atoms. The molecule has 2 aromatic carbocycles. The first-order valence-corrected chi connectivity index (χ1v) is 9.18. The Labute approximate surface area is 164 Å². The lowest BCUT2D eigenvalue weighted by Crippen LogP contribution is -2.33. The smallest absolute Gasteiger partial charge is 0.256 e. The first-order chi connectivity index (χ1) is 12.9. The number of ether oxygens (including phenoxy) is 2. The van der Waals surface area contributed by atoms with E-state index in [2.05, 4.69) is 18.8 Å². The summed E-state index contributed by atoms with van der Waals surface area (Å²) in [7, 11) is 3.20. The van der Waals surface area contributed by atoms with Crippen LogP contribution in [0.4, 0.5) is 5.69 Å². The Balaban J connectivity index is 1.97. The number of nitrogens with zero attached hydrogens (tertiary/aromatic N) is 2. The first-order valence-electron chi connectivity index (χ1n) is 8.80. The number of methoxy groups -OCH3 is 2. The molecule has 0 aromatic heterocycles. The zero-order valence-electron chi connectivity index (χ0n) is 16.0. The van der Waals surface area contributed by atoms with Crippen LogP contribution in [0.1, 0.15) is 41.3 Å². The Hall–Kier alpha value is -2.53. The maximum absolute atomic E-state index is 13.2. The van der Waals surface area contributed by atoms with E-state index < -0.39 is 0 Å². The van der Waals surface area contributed by atoms with Gasteiger partial charge in [-0.3, -0.25) is 4.79 Å². The Morgan fingerprint density at radius 3 is 2.59 bits per heavy atom. The molecule has 0 atom stereocenters. The van der Waals surface area contributed by atoms with Crippen LogP contribution in [0.3, 0.4) is 0 Å². The largest absolute Gasteiger partial charge is 0.497 e. The van der Waals surface area contributed by atoms with Gasteiger partial charge in [0.15, 0.2) is 0 Å². The van der Waals surface area contributed by atoms with Gasteiger partial charge in [0.25, 0.3) is 5.91 Å². The van der Waals surface area contributed by atoms with Crippen molar-refractivity contribution in [2.24, 2.45) is 4.99 Å². The van der Waals surface area contributed by atoms with Crippen molar-refractivity contribution in [3.05, 3.63) is 53.1 Å². The highest BCUT2D eigenvalue weighted by Gasteiger charge is 2.25. The number of carbonyl (C=O) groups is 1. The third-order valence-electron chi connectivity index (χ3n) is 4.62. The molecule has 5 nitrogen and oxygen atoms in total. The van der Waals surface area contributed by atoms with E-state index in [9.17, 15) is 4.79 Å². The summed E-state index contributed by atoms with van der Waals surface area (Å²) in [6, 6.07) is 11.3. The molecule has 0 fully saturated rings. The van der Waals surface area contributed by atoms with Crippen molar-refractivity contribution in [1.29, 1.82) is 0 Å². The van der Waals surface area contributed by atoms with Gasteiger partial charge in [-0.2, -0.15) is 0 Å². The highest BCUT2D eigenvalue weighted by Crippen LogP contribution is 2.31. The van der Waals surface area contributed by atoms with Gasteiger partial charge >= 0.3 is 0 Å². The molecule has 0 aliphatic carbocycles. The van der Waals surface area contributed by atoms with Crippen LogP contribution in [0.5, 0.6) is 11.5 Å². The van der Waals surface area contributed by atoms with Gasteiger partial charge < -0.3 is 14.4 Å². The van der Waals surface area contributed by atoms with E-state index in [4.69, 9.17) is 21.1 Å². The van der Waals surface area contributed by atoms with Crippen molar-refractivity contribution >= 4 is 28.4 Å². The van der Waals surface area contributed by atoms with E-state index in [1.807, 2.05) is 30.3 Å². The maximum Gasteiger partial charge on any atom is 0.256 e. The van der Waals surface area contributed by atoms with E-state index >= 15 is 0 Å². The second kappa shape index (κ2) is 8.01. The van der Waals surface area contributed by atoms with Crippen LogP contribution in [0.2, 0.25) is 0 Å². The van der Waals surface area contributed by atoms with E-state index in [1.54, 1.807) is 25.2 Å². The predicted molar refractivity (Wildman–Crippen MR) is 108 cm³/mol. The van der Waals surface area contributed by atoms with Gasteiger partial charge in [0, 0.05) is 11.6 Å². The Bertz CT molecular complexity index is 893. The summed E-state index contributed by atoms with van der Waals surface area (Å²) >= 11 is 6.30. The zero-order chi connectivity index (χ0) is 19.6. The summed E-state index contributed by atoms with van der Waals surface area (Å²) in [6.07, 6.45) is 0. The van der Waals surface area contributed by atoms with E-state index in [0.29, 0.717) is 40.4 Å². The molecular formula is C21H23ClN2O3. The Kier molecular flexibility index (Phi) is 5.71. The summed E-state index contributed by atoms with van der Waals surface area (Å²) in [5.74, 6) is 1.59. The van der Waals surface area contributed by atoms with Crippen LogP contribution in [0.15, 0.2) is 41.4 Å². The van der Waals surface area contributed by atoms with E-state index in [0.717, 1.165) is 11.1 Å². The van der Waals surface area contributed by atoms with Gasteiger partial charge in [-0.1, -0.05) is 31.5 Å². The minimum Gasteiger partial charge on any atom is -0.497 e. The van der Waals surface area contributed by atoms with Crippen LogP contribution in [-0.2, 0) is 6.54 Å². The number of fused-ring (bicyclic) bond motifs is 1. The molecule has 1 aliphatic heterocycles. The maximum atomic E-state index is 13.2. The summed E-state index contributed by atoms with van der Waals surface area (Å²) in [6.45, 7) is 4.81. The Morgan fingerprint density at radius 1 is 1.15 bits per heavy atom. The summed E-state index contributed by atoms with van der Waals surface area (Å²) in [4.78, 5) is 19.3. The van der Waals surface area contributed by atoms with Gasteiger partial charge in [-0.25, -0.2) is 4.99 Å². The molecule has 0 radical (unpaired) electrons. The molecule has 142 valence electrons. The minimum absolute atomic E-state index is 0.0928. The molecule has 0 saturated carbocycles. The molecule has 0 spiro atoms. The SMILES string of the molecule is COc1ccc(CN2CC(Cl)=Nc3ccc(C(C)C)cc3C2=O)c(OC)c1. The summed E-state index contributed by atoms with van der Waals surface area (Å²) in [5.41, 5.74) is 3.15. The van der Waals surface area contributed by atoms with Gasteiger partial charge in [-0.05, 0) is 35.7 Å². The topological polar surface area (TPSA) is 51.1 Å². The average Bonchev–Trinajstić information content (AvgIpc) is 2.78. The molecule has 0 unspecified atom stereocenters. The van der Waals surface area contributed by atoms with Crippen molar-refractivity contribution in [2.75, 3.05) is 20.8 Å². The van der Waals surface area contributed by atoms with Crippen molar-refractivity contribution in [3.8, 4) is 11.5 Å². The predicted octanol–water partition coefficient (Wildman–Crippen LogP) is 4.75. The third-order valence-corrected chi connectivity index (χ3v) is 4.83. The van der Waals surface area contributed by atoms with Crippen molar-refractivity contribution in [3.63, 3.8) is 0 Å². The number of hydrogen-bond acceptors (Lipinski definition) is 4. The lowest BCUT2D eigenvalue weighted by molar-refractivity contribution is 0.0771. The van der Waals surface area contributed by atoms with Crippen molar-refractivity contribution < 1.29 is 14.3 Å². The standard InChI is InChI=1S/C21H23ClN2O3/c1-13(2)14-6-8-18-17(9-14)21(25)24(12-20(22)23-18)11-15-5-7-16(26-3)10-19(15)27-4/h5-10,13H,11-12H2,1-4H3. The van der Waals surface area contributed by atoms with Gasteiger partial charge in [0.2, 0.25) is 0 Å². The normalized spacial score (nSPS) is 13.9. The van der Waals surface area contributed by atoms with Crippen LogP contribution in [0.25, 0.3) is 0 Å². The average molecular weight is 387 g/mol. The second-order valence-electron chi connectivity index (χ2n) is 6.76. The monoisotopic (exact) mass is 386 g/mol. The zero-order valence-corrected chi connectivity index (χ0v) is 16.7. The molecule has 0 N–H and O–H groups in total. The minimum atomic E-state index is -0.0928. The number of rotatable bonds is 5. The number of hydrogen-bond donors (Lipinski definition) is 0. The molecule has 6 heteroatoms. The van der Waals surface area contributed by atoms with Crippen molar-refractivity contribution in [1.82, 2.24) is 4.90 Å². The van der Waals surface area contributed by atoms with Gasteiger partial charge in [-0.15, -0.1) is 0 Å². The lowest BCUT2D eigenvalue weighted by atomic mass is 9.99. The lowest BCUT2D eigenvalue weighted by Gasteiger charge is -2.22. The van der Waals surface area contributed by atoms with Crippen molar-refractivity contribution in [2.45, 2.75) is 26.3 Å². The summed E-state index contributed by atoms with van der Waals surface area (Å²) in [5, 5.41) is 0.381. The Morgan fingerprint density at radius 2 is 1.93 bits per heavy atom. The fourth-order valence-electron chi connectivity index (χ4n) is 3.06. The number of halogens is 1. The molecule has 2 aromatic rings. The molecule has 1 amide bonds. The highest BCUT2D eigenvalue weighted by molar-refractivity contribution is 6.66. The molecule has 1 heterocycles. The number of benzene rings is 2. The fourth-order valence-corrected chi connectivity index (χ4v) is 3.30. The van der Waals surface area contributed by atoms with Gasteiger partial charge in [0.1, 0.15) is 16.7 Å². The second-order valence-corrected chi connectivity index (χ2v) is 7.19.